The highest BCUT2D eigenvalue weighted by atomic mass is 32.1. The van der Waals surface area contributed by atoms with Gasteiger partial charge in [0.1, 0.15) is 5.82 Å². The Balaban J connectivity index is 1.85. The molecule has 1 aromatic carbocycles. The minimum absolute atomic E-state index is 0.0168. The fraction of sp³-hybridized carbons (Fsp3) is 0.167. The predicted octanol–water partition coefficient (Wildman–Crippen LogP) is 3.55. The molecule has 0 bridgehead atoms. The summed E-state index contributed by atoms with van der Waals surface area (Å²) in [6.45, 7) is 1.88. The third-order valence-corrected chi connectivity index (χ3v) is 5.07. The third kappa shape index (κ3) is 2.35. The number of rotatable bonds is 3. The van der Waals surface area contributed by atoms with Gasteiger partial charge < -0.3 is 5.32 Å². The number of fused-ring (bicyclic) bond motifs is 1. The van der Waals surface area contributed by atoms with Gasteiger partial charge in [0.2, 0.25) is 5.91 Å². The molecule has 5 nitrogen and oxygen atoms in total. The first-order chi connectivity index (χ1) is 11.6. The molecule has 3 heterocycles. The van der Waals surface area contributed by atoms with Crippen molar-refractivity contribution in [2.45, 2.75) is 19.3 Å². The molecule has 1 aliphatic rings. The second-order valence-corrected chi connectivity index (χ2v) is 6.69. The Morgan fingerprint density at radius 1 is 1.25 bits per heavy atom. The first-order valence-corrected chi connectivity index (χ1v) is 8.55. The van der Waals surface area contributed by atoms with Gasteiger partial charge in [-0.2, -0.15) is 5.10 Å². The lowest BCUT2D eigenvalue weighted by Crippen LogP contribution is -2.28. The van der Waals surface area contributed by atoms with E-state index >= 15 is 0 Å². The van der Waals surface area contributed by atoms with Gasteiger partial charge in [-0.3, -0.25) is 9.59 Å². The largest absolute Gasteiger partial charge is 0.310 e. The summed E-state index contributed by atoms with van der Waals surface area (Å²) in [4.78, 5) is 25.7. The van der Waals surface area contributed by atoms with E-state index in [4.69, 9.17) is 0 Å². The van der Waals surface area contributed by atoms with Crippen LogP contribution in [0.4, 0.5) is 5.82 Å². The monoisotopic (exact) mass is 337 g/mol. The number of amides is 1. The normalized spacial score (nSPS) is 16.5. The molecule has 0 aliphatic carbocycles. The van der Waals surface area contributed by atoms with Crippen molar-refractivity contribution in [2.75, 3.05) is 5.32 Å². The average molecular weight is 337 g/mol. The summed E-state index contributed by atoms with van der Waals surface area (Å²) >= 11 is 1.40. The number of nitrogens with one attached hydrogen (secondary N) is 1. The second kappa shape index (κ2) is 5.72. The topological polar surface area (TPSA) is 64.0 Å². The number of para-hydroxylation sites is 1. The second-order valence-electron chi connectivity index (χ2n) is 5.74. The first kappa shape index (κ1) is 14.8. The number of benzene rings is 1. The number of ketones is 1. The maximum absolute atomic E-state index is 12.9. The van der Waals surface area contributed by atoms with Crippen LogP contribution in [0.1, 0.15) is 33.3 Å². The van der Waals surface area contributed by atoms with Gasteiger partial charge in [0.25, 0.3) is 0 Å². The third-order valence-electron chi connectivity index (χ3n) is 4.18. The molecule has 0 saturated heterocycles. The maximum Gasteiger partial charge on any atom is 0.226 e. The molecule has 1 amide bonds. The number of Topliss-reactive ketones (excluding diaryl/α,β-unsaturated/α-hetero) is 1. The number of aromatic nitrogens is 2. The van der Waals surface area contributed by atoms with E-state index in [1.54, 1.807) is 10.7 Å². The Labute approximate surface area is 142 Å². The summed E-state index contributed by atoms with van der Waals surface area (Å²) in [6, 6.07) is 13.2. The number of hydrogen-bond acceptors (Lipinski definition) is 4. The highest BCUT2D eigenvalue weighted by molar-refractivity contribution is 7.12. The van der Waals surface area contributed by atoms with Crippen LogP contribution in [0.25, 0.3) is 5.69 Å². The maximum atomic E-state index is 12.9. The molecular formula is C18H15N3O2S. The number of carbonyl (C=O) groups is 2. The Morgan fingerprint density at radius 2 is 2.04 bits per heavy atom. The minimum atomic E-state index is -0.482. The summed E-state index contributed by atoms with van der Waals surface area (Å²) in [5, 5.41) is 9.33. The summed E-state index contributed by atoms with van der Waals surface area (Å²) < 4.78 is 1.70. The SMILES string of the molecule is Cc1nn(-c2ccccc2)c2c1C(C(=O)c1cccs1)CC(=O)N2. The molecule has 0 fully saturated rings. The van der Waals surface area contributed by atoms with Gasteiger partial charge in [0, 0.05) is 12.0 Å². The number of carbonyl (C=O) groups excluding carboxylic acids is 2. The van der Waals surface area contributed by atoms with E-state index in [0.717, 1.165) is 16.9 Å². The molecule has 0 radical (unpaired) electrons. The van der Waals surface area contributed by atoms with Crippen molar-refractivity contribution in [1.82, 2.24) is 9.78 Å². The zero-order chi connectivity index (χ0) is 16.7. The van der Waals surface area contributed by atoms with E-state index in [-0.39, 0.29) is 18.1 Å². The fourth-order valence-electron chi connectivity index (χ4n) is 3.12. The smallest absolute Gasteiger partial charge is 0.226 e. The summed E-state index contributed by atoms with van der Waals surface area (Å²) in [6.07, 6.45) is 0.158. The zero-order valence-corrected chi connectivity index (χ0v) is 13.8. The first-order valence-electron chi connectivity index (χ1n) is 7.67. The van der Waals surface area contributed by atoms with Crippen LogP contribution in [0.3, 0.4) is 0 Å². The van der Waals surface area contributed by atoms with Crippen LogP contribution in [-0.2, 0) is 4.79 Å². The molecule has 0 spiro atoms. The zero-order valence-electron chi connectivity index (χ0n) is 13.0. The van der Waals surface area contributed by atoms with Crippen LogP contribution in [-0.4, -0.2) is 21.5 Å². The van der Waals surface area contributed by atoms with Gasteiger partial charge in [-0.25, -0.2) is 4.68 Å². The highest BCUT2D eigenvalue weighted by Crippen LogP contribution is 2.38. The molecule has 24 heavy (non-hydrogen) atoms. The van der Waals surface area contributed by atoms with E-state index in [1.165, 1.54) is 11.3 Å². The number of aryl methyl sites for hydroxylation is 1. The number of hydrogen-bond donors (Lipinski definition) is 1. The van der Waals surface area contributed by atoms with Gasteiger partial charge in [-0.05, 0) is 30.5 Å². The molecule has 0 saturated carbocycles. The van der Waals surface area contributed by atoms with Crippen molar-refractivity contribution >= 4 is 28.8 Å². The van der Waals surface area contributed by atoms with E-state index in [2.05, 4.69) is 10.4 Å². The molecule has 3 aromatic rings. The van der Waals surface area contributed by atoms with Crippen molar-refractivity contribution in [1.29, 1.82) is 0 Å². The fourth-order valence-corrected chi connectivity index (χ4v) is 3.84. The van der Waals surface area contributed by atoms with Gasteiger partial charge in [-0.1, -0.05) is 24.3 Å². The quantitative estimate of drug-likeness (QED) is 0.743. The van der Waals surface area contributed by atoms with Crippen LogP contribution < -0.4 is 5.32 Å². The minimum Gasteiger partial charge on any atom is -0.310 e. The Hall–Kier alpha value is -2.73. The van der Waals surface area contributed by atoms with Gasteiger partial charge in [0.05, 0.1) is 22.2 Å². The summed E-state index contributed by atoms with van der Waals surface area (Å²) in [5.41, 5.74) is 2.44. The van der Waals surface area contributed by atoms with Crippen molar-refractivity contribution in [3.05, 3.63) is 64.0 Å². The highest BCUT2D eigenvalue weighted by Gasteiger charge is 2.36. The lowest BCUT2D eigenvalue weighted by molar-refractivity contribution is -0.116. The van der Waals surface area contributed by atoms with E-state index < -0.39 is 5.92 Å². The summed E-state index contributed by atoms with van der Waals surface area (Å²) in [5.74, 6) is -0.0546. The molecule has 2 aromatic heterocycles. The van der Waals surface area contributed by atoms with Crippen LogP contribution >= 0.6 is 11.3 Å². The number of nitrogens with zero attached hydrogens (tertiary/aromatic N) is 2. The van der Waals surface area contributed by atoms with Crippen molar-refractivity contribution < 1.29 is 9.59 Å². The molecule has 120 valence electrons. The van der Waals surface area contributed by atoms with E-state index in [1.807, 2.05) is 48.7 Å². The average Bonchev–Trinajstić information content (AvgIpc) is 3.23. The van der Waals surface area contributed by atoms with E-state index in [9.17, 15) is 9.59 Å². The van der Waals surface area contributed by atoms with Gasteiger partial charge >= 0.3 is 0 Å². The van der Waals surface area contributed by atoms with Crippen LogP contribution in [0.5, 0.6) is 0 Å². The van der Waals surface area contributed by atoms with Crippen molar-refractivity contribution in [3.63, 3.8) is 0 Å². The molecule has 6 heteroatoms. The molecule has 1 atom stereocenters. The van der Waals surface area contributed by atoms with Crippen molar-refractivity contribution in [2.24, 2.45) is 0 Å². The standard InChI is InChI=1S/C18H15N3O2S/c1-11-16-13(17(23)14-8-5-9-24-14)10-15(22)19-18(16)21(20-11)12-6-3-2-4-7-12/h2-9,13H,10H2,1H3,(H,19,22). The molecule has 1 aliphatic heterocycles. The molecule has 1 unspecified atom stereocenters. The molecular weight excluding hydrogens is 322 g/mol. The van der Waals surface area contributed by atoms with Gasteiger partial charge in [0.15, 0.2) is 5.78 Å². The van der Waals surface area contributed by atoms with Crippen molar-refractivity contribution in [3.8, 4) is 5.69 Å². The van der Waals surface area contributed by atoms with E-state index in [0.29, 0.717) is 10.7 Å². The van der Waals surface area contributed by atoms with Crippen LogP contribution in [0, 0.1) is 6.92 Å². The van der Waals surface area contributed by atoms with Crippen LogP contribution in [0.2, 0.25) is 0 Å². The number of thiophene rings is 1. The summed E-state index contributed by atoms with van der Waals surface area (Å²) in [7, 11) is 0. The lowest BCUT2D eigenvalue weighted by Gasteiger charge is -2.22. The lowest BCUT2D eigenvalue weighted by atomic mass is 9.87. The Bertz CT molecular complexity index is 913. The molecule has 4 rings (SSSR count). The van der Waals surface area contributed by atoms with Crippen LogP contribution in [0.15, 0.2) is 47.8 Å². The number of anilines is 1. The van der Waals surface area contributed by atoms with Gasteiger partial charge in [-0.15, -0.1) is 11.3 Å². The molecule has 1 N–H and O–H groups in total. The predicted molar refractivity (Wildman–Crippen MR) is 92.9 cm³/mol. The Kier molecular flexibility index (Phi) is 3.54. The Morgan fingerprint density at radius 3 is 2.75 bits per heavy atom.